The molecule has 2 N–H and O–H groups in total. The molecule has 0 saturated carbocycles. The van der Waals surface area contributed by atoms with Crippen LogP contribution in [0.2, 0.25) is 0 Å². The van der Waals surface area contributed by atoms with Gasteiger partial charge in [0, 0.05) is 51.5 Å². The Balaban J connectivity index is 0.00000341. The molecule has 0 bridgehead atoms. The number of carbonyl (C=O) groups excluding carboxylic acids is 1. The number of rotatable bonds is 4. The molecule has 2 heterocycles. The predicted octanol–water partition coefficient (Wildman–Crippen LogP) is 3.75. The van der Waals surface area contributed by atoms with Crippen molar-refractivity contribution in [2.75, 3.05) is 38.1 Å². The average Bonchev–Trinajstić information content (AvgIpc) is 3.25. The zero-order chi connectivity index (χ0) is 21.6. The Morgan fingerprint density at radius 3 is 2.48 bits per heavy atom. The van der Waals surface area contributed by atoms with E-state index in [1.54, 1.807) is 11.9 Å². The molecule has 1 aromatic rings. The van der Waals surface area contributed by atoms with Crippen molar-refractivity contribution < 1.29 is 9.53 Å². The first-order valence-electron chi connectivity index (χ1n) is 10.8. The third kappa shape index (κ3) is 7.90. The summed E-state index contributed by atoms with van der Waals surface area (Å²) >= 11 is 0. The summed E-state index contributed by atoms with van der Waals surface area (Å²) in [5.41, 5.74) is 1.97. The zero-order valence-electron chi connectivity index (χ0n) is 19.1. The van der Waals surface area contributed by atoms with E-state index in [2.05, 4.69) is 56.9 Å². The molecular weight excluding hydrogens is 505 g/mol. The second-order valence-corrected chi connectivity index (χ2v) is 8.88. The first-order chi connectivity index (χ1) is 14.3. The molecule has 1 saturated heterocycles. The van der Waals surface area contributed by atoms with Crippen molar-refractivity contribution in [3.05, 3.63) is 42.0 Å². The highest BCUT2D eigenvalue weighted by atomic mass is 127. The van der Waals surface area contributed by atoms with Crippen molar-refractivity contribution in [2.24, 2.45) is 4.99 Å². The summed E-state index contributed by atoms with van der Waals surface area (Å²) in [6.45, 7) is 9.69. The lowest BCUT2D eigenvalue weighted by Crippen LogP contribution is -2.53. The van der Waals surface area contributed by atoms with Gasteiger partial charge in [-0.25, -0.2) is 4.79 Å². The van der Waals surface area contributed by atoms with Crippen LogP contribution >= 0.6 is 24.0 Å². The number of ether oxygens (including phenoxy) is 1. The molecule has 1 fully saturated rings. The van der Waals surface area contributed by atoms with Crippen LogP contribution in [-0.2, 0) is 11.3 Å². The summed E-state index contributed by atoms with van der Waals surface area (Å²) in [5.74, 6) is 0.749. The maximum absolute atomic E-state index is 12.4. The number of aliphatic imine (C=N–C) groups is 1. The third-order valence-electron chi connectivity index (χ3n) is 5.22. The number of hydrogen-bond donors (Lipinski definition) is 2. The number of benzene rings is 1. The van der Waals surface area contributed by atoms with Gasteiger partial charge < -0.3 is 25.2 Å². The van der Waals surface area contributed by atoms with Crippen LogP contribution in [-0.4, -0.2) is 61.8 Å². The number of hydrogen-bond acceptors (Lipinski definition) is 4. The van der Waals surface area contributed by atoms with Gasteiger partial charge in [0.05, 0.1) is 0 Å². The van der Waals surface area contributed by atoms with E-state index in [1.165, 1.54) is 11.3 Å². The number of piperidine rings is 1. The van der Waals surface area contributed by atoms with E-state index < -0.39 is 5.60 Å². The molecule has 2 aliphatic rings. The Kier molecular flexibility index (Phi) is 9.46. The van der Waals surface area contributed by atoms with Crippen molar-refractivity contribution in [1.29, 1.82) is 0 Å². The third-order valence-corrected chi connectivity index (χ3v) is 5.22. The fourth-order valence-electron chi connectivity index (χ4n) is 3.67. The van der Waals surface area contributed by atoms with Crippen molar-refractivity contribution in [2.45, 2.75) is 51.8 Å². The molecule has 0 spiro atoms. The summed E-state index contributed by atoms with van der Waals surface area (Å²) in [4.78, 5) is 20.8. The molecule has 1 atom stereocenters. The maximum atomic E-state index is 12.4. The van der Waals surface area contributed by atoms with Crippen LogP contribution in [0.4, 0.5) is 10.5 Å². The fraction of sp³-hybridized carbons (Fsp3) is 0.565. The number of carbonyl (C=O) groups is 1. The second kappa shape index (κ2) is 11.6. The number of likely N-dealkylation sites (tertiary alicyclic amines) is 1. The lowest BCUT2D eigenvalue weighted by Gasteiger charge is -2.35. The van der Waals surface area contributed by atoms with Crippen molar-refractivity contribution in [3.8, 4) is 0 Å². The highest BCUT2D eigenvalue weighted by Gasteiger charge is 2.28. The van der Waals surface area contributed by atoms with Crippen LogP contribution in [0, 0.1) is 0 Å². The van der Waals surface area contributed by atoms with Crippen LogP contribution in [0.5, 0.6) is 0 Å². The van der Waals surface area contributed by atoms with Gasteiger partial charge in [0.25, 0.3) is 0 Å². The number of amides is 1. The van der Waals surface area contributed by atoms with Gasteiger partial charge in [0.1, 0.15) is 5.60 Å². The molecule has 31 heavy (non-hydrogen) atoms. The quantitative estimate of drug-likeness (QED) is 0.263. The molecule has 0 aliphatic carbocycles. The largest absolute Gasteiger partial charge is 0.444 e. The van der Waals surface area contributed by atoms with Gasteiger partial charge in [-0.3, -0.25) is 4.99 Å². The van der Waals surface area contributed by atoms with Crippen LogP contribution in [0.3, 0.4) is 0 Å². The number of halogens is 1. The van der Waals surface area contributed by atoms with Crippen LogP contribution in [0.1, 0.15) is 39.2 Å². The molecule has 1 unspecified atom stereocenters. The Bertz CT molecular complexity index is 765. The minimum atomic E-state index is -0.476. The van der Waals surface area contributed by atoms with Gasteiger partial charge in [-0.1, -0.05) is 24.3 Å². The van der Waals surface area contributed by atoms with E-state index in [0.29, 0.717) is 13.1 Å². The van der Waals surface area contributed by atoms with E-state index in [9.17, 15) is 4.79 Å². The molecule has 7 nitrogen and oxygen atoms in total. The van der Waals surface area contributed by atoms with Crippen LogP contribution in [0.25, 0.3) is 0 Å². The molecule has 0 radical (unpaired) electrons. The van der Waals surface area contributed by atoms with Gasteiger partial charge in [0.15, 0.2) is 5.96 Å². The van der Waals surface area contributed by atoms with Gasteiger partial charge in [0.2, 0.25) is 0 Å². The van der Waals surface area contributed by atoms with Gasteiger partial charge >= 0.3 is 6.09 Å². The van der Waals surface area contributed by atoms with Crippen LogP contribution < -0.4 is 15.5 Å². The summed E-state index contributed by atoms with van der Waals surface area (Å²) < 4.78 is 5.51. The van der Waals surface area contributed by atoms with E-state index in [4.69, 9.17) is 4.74 Å². The van der Waals surface area contributed by atoms with Gasteiger partial charge in [-0.15, -0.1) is 24.0 Å². The minimum Gasteiger partial charge on any atom is -0.444 e. The summed E-state index contributed by atoms with van der Waals surface area (Å²) in [6.07, 6.45) is 6.09. The molecule has 0 aromatic heterocycles. The van der Waals surface area contributed by atoms with Crippen LogP contribution in [0.15, 0.2) is 41.4 Å². The Labute approximate surface area is 203 Å². The van der Waals surface area contributed by atoms with Crippen molar-refractivity contribution >= 4 is 41.7 Å². The van der Waals surface area contributed by atoms with Gasteiger partial charge in [-0.05, 0) is 51.3 Å². The average molecular weight is 541 g/mol. The lowest BCUT2D eigenvalue weighted by molar-refractivity contribution is 0.0193. The second-order valence-electron chi connectivity index (χ2n) is 8.88. The lowest BCUT2D eigenvalue weighted by atomic mass is 10.1. The maximum Gasteiger partial charge on any atom is 0.410 e. The van der Waals surface area contributed by atoms with E-state index in [-0.39, 0.29) is 36.1 Å². The topological polar surface area (TPSA) is 69.2 Å². The summed E-state index contributed by atoms with van der Waals surface area (Å²) in [7, 11) is 1.77. The normalized spacial score (nSPS) is 19.1. The van der Waals surface area contributed by atoms with Crippen molar-refractivity contribution in [3.63, 3.8) is 0 Å². The van der Waals surface area contributed by atoms with E-state index >= 15 is 0 Å². The number of nitrogens with one attached hydrogen (secondary N) is 2. The molecule has 3 rings (SSSR count). The highest BCUT2D eigenvalue weighted by molar-refractivity contribution is 14.0. The van der Waals surface area contributed by atoms with E-state index in [1.807, 2.05) is 20.8 Å². The SMILES string of the molecule is CN=C(NCc1ccc(N2CC=CC2)cc1)NC1CCCN(C(=O)OC(C)(C)C)C1.I. The monoisotopic (exact) mass is 541 g/mol. The standard InChI is InChI=1S/C23H35N5O2.HI/c1-23(2,3)30-22(29)28-15-7-8-19(17-28)26-21(24-4)25-16-18-9-11-20(12-10-18)27-13-5-6-14-27;/h5-6,9-12,19H,7-8,13-17H2,1-4H3,(H2,24,25,26);1H. The Hall–Kier alpha value is -1.97. The first kappa shape index (κ1) is 25.3. The molecular formula is C23H36IN5O2. The zero-order valence-corrected chi connectivity index (χ0v) is 21.4. The fourth-order valence-corrected chi connectivity index (χ4v) is 3.67. The molecule has 172 valence electrons. The first-order valence-corrected chi connectivity index (χ1v) is 10.8. The number of nitrogens with zero attached hydrogens (tertiary/aromatic N) is 3. The molecule has 8 heteroatoms. The summed E-state index contributed by atoms with van der Waals surface area (Å²) in [5, 5.41) is 6.84. The Morgan fingerprint density at radius 1 is 1.19 bits per heavy atom. The minimum absolute atomic E-state index is 0. The van der Waals surface area contributed by atoms with Crippen molar-refractivity contribution in [1.82, 2.24) is 15.5 Å². The smallest absolute Gasteiger partial charge is 0.410 e. The van der Waals surface area contributed by atoms with E-state index in [0.717, 1.165) is 38.4 Å². The molecule has 1 amide bonds. The predicted molar refractivity (Wildman–Crippen MR) is 137 cm³/mol. The number of anilines is 1. The Morgan fingerprint density at radius 2 is 1.87 bits per heavy atom. The van der Waals surface area contributed by atoms with Gasteiger partial charge in [-0.2, -0.15) is 0 Å². The number of guanidine groups is 1. The summed E-state index contributed by atoms with van der Waals surface area (Å²) in [6, 6.07) is 8.79. The molecule has 2 aliphatic heterocycles. The molecule has 1 aromatic carbocycles. The highest BCUT2D eigenvalue weighted by Crippen LogP contribution is 2.18.